The number of hydrogen-bond acceptors (Lipinski definition) is 3. The number of carbonyl (C=O) groups excluding carboxylic acids is 1. The minimum atomic E-state index is -0.193. The van der Waals surface area contributed by atoms with Gasteiger partial charge in [0.05, 0.1) is 4.88 Å². The predicted octanol–water partition coefficient (Wildman–Crippen LogP) is 2.74. The van der Waals surface area contributed by atoms with Gasteiger partial charge in [-0.1, -0.05) is 0 Å². The van der Waals surface area contributed by atoms with Crippen molar-refractivity contribution in [2.24, 2.45) is 0 Å². The highest BCUT2D eigenvalue weighted by Gasteiger charge is 2.12. The molecule has 1 heterocycles. The number of hydrogen-bond donors (Lipinski definition) is 0. The number of rotatable bonds is 2. The van der Waals surface area contributed by atoms with Gasteiger partial charge in [-0.25, -0.2) is 0 Å². The predicted molar refractivity (Wildman–Crippen MR) is 50.1 cm³/mol. The lowest BCUT2D eigenvalue weighted by Gasteiger charge is -2.19. The summed E-state index contributed by atoms with van der Waals surface area (Å²) in [4.78, 5) is 11.0. The van der Waals surface area contributed by atoms with Gasteiger partial charge in [0.15, 0.2) is 6.29 Å². The number of carbonyl (C=O) groups is 1. The quantitative estimate of drug-likeness (QED) is 0.660. The highest BCUT2D eigenvalue weighted by atomic mass is 32.1. The fraction of sp³-hybridized carbons (Fsp3) is 0.444. The Kier molecular flexibility index (Phi) is 2.52. The molecule has 0 fully saturated rings. The zero-order valence-corrected chi connectivity index (χ0v) is 8.27. The van der Waals surface area contributed by atoms with Crippen LogP contribution in [0.3, 0.4) is 0 Å². The highest BCUT2D eigenvalue weighted by molar-refractivity contribution is 7.11. The maximum Gasteiger partial charge on any atom is 0.160 e. The van der Waals surface area contributed by atoms with Crippen molar-refractivity contribution < 1.29 is 9.53 Å². The van der Waals surface area contributed by atoms with Crippen molar-refractivity contribution in [3.8, 4) is 5.75 Å². The van der Waals surface area contributed by atoms with Crippen molar-refractivity contribution in [2.75, 3.05) is 0 Å². The van der Waals surface area contributed by atoms with E-state index in [1.165, 1.54) is 11.3 Å². The molecule has 12 heavy (non-hydrogen) atoms. The van der Waals surface area contributed by atoms with Crippen molar-refractivity contribution in [1.29, 1.82) is 0 Å². The molecule has 1 aromatic rings. The maximum atomic E-state index is 10.3. The third-order valence-electron chi connectivity index (χ3n) is 1.14. The van der Waals surface area contributed by atoms with E-state index < -0.39 is 0 Å². The van der Waals surface area contributed by atoms with E-state index in [2.05, 4.69) is 0 Å². The standard InChI is InChI=1S/C9H12O2S/c1-9(2,3)11-7-4-8(5-10)12-6-7/h4-6H,1-3H3. The van der Waals surface area contributed by atoms with Crippen LogP contribution in [0.4, 0.5) is 0 Å². The van der Waals surface area contributed by atoms with E-state index in [4.69, 9.17) is 4.74 Å². The number of thiophene rings is 1. The smallest absolute Gasteiger partial charge is 0.160 e. The molecule has 0 spiro atoms. The second-order valence-electron chi connectivity index (χ2n) is 3.52. The van der Waals surface area contributed by atoms with Crippen LogP contribution in [0.1, 0.15) is 30.4 Å². The Labute approximate surface area is 76.2 Å². The summed E-state index contributed by atoms with van der Waals surface area (Å²) in [5.74, 6) is 0.773. The molecule has 0 aromatic carbocycles. The lowest BCUT2D eigenvalue weighted by atomic mass is 10.2. The third kappa shape index (κ3) is 2.66. The molecule has 0 saturated carbocycles. The van der Waals surface area contributed by atoms with Crippen LogP contribution in [0.5, 0.6) is 5.75 Å². The van der Waals surface area contributed by atoms with Crippen molar-refractivity contribution in [1.82, 2.24) is 0 Å². The van der Waals surface area contributed by atoms with Gasteiger partial charge in [0.2, 0.25) is 0 Å². The molecule has 2 nitrogen and oxygen atoms in total. The zero-order chi connectivity index (χ0) is 9.19. The normalized spacial score (nSPS) is 11.2. The molecule has 0 aliphatic rings. The molecule has 0 aliphatic heterocycles. The summed E-state index contributed by atoms with van der Waals surface area (Å²) in [6, 6.07) is 1.75. The van der Waals surface area contributed by atoms with Gasteiger partial charge < -0.3 is 4.74 Å². The number of aldehydes is 1. The Morgan fingerprint density at radius 1 is 1.50 bits per heavy atom. The first-order chi connectivity index (χ1) is 5.51. The summed E-state index contributed by atoms with van der Waals surface area (Å²) in [7, 11) is 0. The van der Waals surface area contributed by atoms with Gasteiger partial charge in [0, 0.05) is 11.4 Å². The van der Waals surface area contributed by atoms with E-state index in [9.17, 15) is 4.79 Å². The minimum absolute atomic E-state index is 0.193. The van der Waals surface area contributed by atoms with Gasteiger partial charge in [-0.15, -0.1) is 11.3 Å². The van der Waals surface area contributed by atoms with Crippen molar-refractivity contribution in [3.63, 3.8) is 0 Å². The summed E-state index contributed by atoms with van der Waals surface area (Å²) in [6.45, 7) is 5.93. The fourth-order valence-corrected chi connectivity index (χ4v) is 1.41. The van der Waals surface area contributed by atoms with Crippen molar-refractivity contribution in [2.45, 2.75) is 26.4 Å². The van der Waals surface area contributed by atoms with E-state index in [1.807, 2.05) is 26.2 Å². The molecule has 0 aliphatic carbocycles. The molecule has 66 valence electrons. The average molecular weight is 184 g/mol. The molecule has 1 aromatic heterocycles. The Morgan fingerprint density at radius 3 is 2.58 bits per heavy atom. The summed E-state index contributed by atoms with van der Waals surface area (Å²) in [5.41, 5.74) is -0.193. The molecule has 0 unspecified atom stereocenters. The van der Waals surface area contributed by atoms with E-state index in [0.717, 1.165) is 12.0 Å². The lowest BCUT2D eigenvalue weighted by molar-refractivity contribution is 0.112. The molecule has 0 N–H and O–H groups in total. The van der Waals surface area contributed by atoms with Gasteiger partial charge in [0.25, 0.3) is 0 Å². The summed E-state index contributed by atoms with van der Waals surface area (Å²) in [6.07, 6.45) is 0.834. The van der Waals surface area contributed by atoms with Crippen LogP contribution in [0, 0.1) is 0 Å². The van der Waals surface area contributed by atoms with Crippen LogP contribution < -0.4 is 4.74 Å². The molecule has 3 heteroatoms. The van der Waals surface area contributed by atoms with Gasteiger partial charge in [-0.05, 0) is 20.8 Å². The Morgan fingerprint density at radius 2 is 2.17 bits per heavy atom. The van der Waals surface area contributed by atoms with Gasteiger partial charge in [0.1, 0.15) is 11.4 Å². The first-order valence-electron chi connectivity index (χ1n) is 3.74. The number of ether oxygens (including phenoxy) is 1. The van der Waals surface area contributed by atoms with Crippen molar-refractivity contribution in [3.05, 3.63) is 16.3 Å². The maximum absolute atomic E-state index is 10.3. The van der Waals surface area contributed by atoms with Crippen LogP contribution in [-0.4, -0.2) is 11.9 Å². The van der Waals surface area contributed by atoms with E-state index >= 15 is 0 Å². The summed E-state index contributed by atoms with van der Waals surface area (Å²) in [5, 5.41) is 1.84. The highest BCUT2D eigenvalue weighted by Crippen LogP contribution is 2.23. The largest absolute Gasteiger partial charge is 0.487 e. The fourth-order valence-electron chi connectivity index (χ4n) is 0.803. The molecule has 1 rings (SSSR count). The molecule has 0 amide bonds. The van der Waals surface area contributed by atoms with Gasteiger partial charge in [-0.3, -0.25) is 4.79 Å². The monoisotopic (exact) mass is 184 g/mol. The molecule has 0 saturated heterocycles. The Hall–Kier alpha value is -0.830. The lowest BCUT2D eigenvalue weighted by Crippen LogP contribution is -2.22. The van der Waals surface area contributed by atoms with E-state index in [1.54, 1.807) is 6.07 Å². The first-order valence-corrected chi connectivity index (χ1v) is 4.62. The van der Waals surface area contributed by atoms with Gasteiger partial charge in [-0.2, -0.15) is 0 Å². The van der Waals surface area contributed by atoms with Crippen LogP contribution in [0.15, 0.2) is 11.4 Å². The topological polar surface area (TPSA) is 26.3 Å². The Bertz CT molecular complexity index is 270. The van der Waals surface area contributed by atoms with Crippen LogP contribution in [0.25, 0.3) is 0 Å². The molecular formula is C9H12O2S. The van der Waals surface area contributed by atoms with Crippen LogP contribution in [0.2, 0.25) is 0 Å². The third-order valence-corrected chi connectivity index (χ3v) is 1.97. The Balaban J connectivity index is 2.70. The van der Waals surface area contributed by atoms with Gasteiger partial charge >= 0.3 is 0 Å². The van der Waals surface area contributed by atoms with Crippen LogP contribution in [-0.2, 0) is 0 Å². The second kappa shape index (κ2) is 3.27. The molecule has 0 radical (unpaired) electrons. The first kappa shape index (κ1) is 9.26. The minimum Gasteiger partial charge on any atom is -0.487 e. The van der Waals surface area contributed by atoms with E-state index in [0.29, 0.717) is 4.88 Å². The summed E-state index contributed by atoms with van der Waals surface area (Å²) < 4.78 is 5.54. The average Bonchev–Trinajstić information content (AvgIpc) is 2.32. The summed E-state index contributed by atoms with van der Waals surface area (Å²) >= 11 is 1.40. The molecule has 0 bridgehead atoms. The molecular weight excluding hydrogens is 172 g/mol. The van der Waals surface area contributed by atoms with E-state index in [-0.39, 0.29) is 5.60 Å². The van der Waals surface area contributed by atoms with Crippen molar-refractivity contribution >= 4 is 17.6 Å². The second-order valence-corrected chi connectivity index (χ2v) is 4.46. The molecule has 0 atom stereocenters. The SMILES string of the molecule is CC(C)(C)Oc1csc(C=O)c1. The van der Waals surface area contributed by atoms with Crippen LogP contribution >= 0.6 is 11.3 Å². The zero-order valence-electron chi connectivity index (χ0n) is 7.46.